The smallest absolute Gasteiger partial charge is 0.303 e. The lowest BCUT2D eigenvalue weighted by Crippen LogP contribution is -2.34. The van der Waals surface area contributed by atoms with Gasteiger partial charge in [0.05, 0.1) is 12.0 Å². The van der Waals surface area contributed by atoms with Crippen molar-refractivity contribution in [2.24, 2.45) is 0 Å². The van der Waals surface area contributed by atoms with Crippen LogP contribution in [0.1, 0.15) is 18.2 Å². The molecule has 31 heavy (non-hydrogen) atoms. The maximum absolute atomic E-state index is 12.4. The number of ether oxygens (including phenoxy) is 1. The van der Waals surface area contributed by atoms with Gasteiger partial charge < -0.3 is 20.2 Å². The summed E-state index contributed by atoms with van der Waals surface area (Å²) in [5, 5.41) is 2.55. The number of nitrogens with one attached hydrogen (secondary N) is 1. The fourth-order valence-corrected chi connectivity index (χ4v) is 3.05. The highest BCUT2D eigenvalue weighted by atomic mass is 16.5. The summed E-state index contributed by atoms with van der Waals surface area (Å²) in [5.41, 5.74) is 8.34. The van der Waals surface area contributed by atoms with Gasteiger partial charge in [-0.1, -0.05) is 18.2 Å². The second kappa shape index (κ2) is 10.2. The van der Waals surface area contributed by atoms with Crippen molar-refractivity contribution in [1.29, 1.82) is 0 Å². The lowest BCUT2D eigenvalue weighted by atomic mass is 10.0. The van der Waals surface area contributed by atoms with Crippen LogP contribution in [0.4, 0.5) is 5.95 Å². The zero-order valence-electron chi connectivity index (χ0n) is 17.2. The molecule has 3 N–H and O–H groups in total. The molecule has 162 valence electrons. The maximum atomic E-state index is 12.4. The molecule has 0 aliphatic rings. The number of hydrogen-bond donors (Lipinski definition) is 2. The lowest BCUT2D eigenvalue weighted by molar-refractivity contribution is -0.146. The summed E-state index contributed by atoms with van der Waals surface area (Å²) in [6.07, 6.45) is 2.88. The highest BCUT2D eigenvalue weighted by Gasteiger charge is 2.09. The van der Waals surface area contributed by atoms with Crippen molar-refractivity contribution in [3.63, 3.8) is 0 Å². The number of carbonyl (C=O) groups is 2. The number of nitrogens with zero attached hydrogens (tertiary/aromatic N) is 2. The van der Waals surface area contributed by atoms with Crippen LogP contribution in [0.25, 0.3) is 11.3 Å². The van der Waals surface area contributed by atoms with E-state index in [0.29, 0.717) is 18.5 Å². The first-order valence-corrected chi connectivity index (χ1v) is 9.81. The van der Waals surface area contributed by atoms with Crippen LogP contribution >= 0.6 is 0 Å². The van der Waals surface area contributed by atoms with Gasteiger partial charge in [-0.15, -0.1) is 0 Å². The molecule has 0 spiro atoms. The van der Waals surface area contributed by atoms with E-state index in [1.807, 2.05) is 36.4 Å². The summed E-state index contributed by atoms with van der Waals surface area (Å²) < 4.78 is 11.3. The van der Waals surface area contributed by atoms with Crippen molar-refractivity contribution in [2.75, 3.05) is 18.9 Å². The van der Waals surface area contributed by atoms with Crippen LogP contribution < -0.4 is 16.6 Å². The molecule has 0 unspecified atom stereocenters. The van der Waals surface area contributed by atoms with Crippen molar-refractivity contribution in [2.45, 2.75) is 26.3 Å². The molecule has 3 aromatic rings. The maximum Gasteiger partial charge on any atom is 0.303 e. The third-order valence-corrected chi connectivity index (χ3v) is 4.56. The molecule has 0 saturated heterocycles. The van der Waals surface area contributed by atoms with Crippen molar-refractivity contribution < 1.29 is 18.7 Å². The lowest BCUT2D eigenvalue weighted by Gasteiger charge is -2.11. The average Bonchev–Trinajstić information content (AvgIpc) is 3.28. The number of esters is 1. The average molecular weight is 424 g/mol. The number of benzene rings is 1. The van der Waals surface area contributed by atoms with Crippen LogP contribution in [-0.2, 0) is 33.7 Å². The molecule has 0 saturated carbocycles. The molecule has 0 radical (unpaired) electrons. The molecule has 3 rings (SSSR count). The van der Waals surface area contributed by atoms with Gasteiger partial charge in [0, 0.05) is 31.6 Å². The van der Waals surface area contributed by atoms with Crippen molar-refractivity contribution in [1.82, 2.24) is 14.9 Å². The van der Waals surface area contributed by atoms with E-state index in [1.54, 1.807) is 6.26 Å². The van der Waals surface area contributed by atoms with E-state index < -0.39 is 11.9 Å². The van der Waals surface area contributed by atoms with Gasteiger partial charge >= 0.3 is 5.97 Å². The van der Waals surface area contributed by atoms with Gasteiger partial charge in [0.25, 0.3) is 11.5 Å². The molecule has 0 bridgehead atoms. The quantitative estimate of drug-likeness (QED) is 0.499. The van der Waals surface area contributed by atoms with Gasteiger partial charge in [0.1, 0.15) is 5.76 Å². The highest BCUT2D eigenvalue weighted by molar-refractivity contribution is 5.79. The normalized spacial score (nSPS) is 10.6. The minimum Gasteiger partial charge on any atom is -0.464 e. The first-order valence-electron chi connectivity index (χ1n) is 9.81. The standard InChI is InChI=1S/C22H24N4O5/c1-15(27)31-14-20(28)24-9-10-26-21(29)13-18(25-22(26)23)8-7-16-4-2-5-17(12-16)19-6-3-11-30-19/h2-6,11-13H,7-10,14H2,1H3,(H2,23,25)(H,24,28). The fourth-order valence-electron chi connectivity index (χ4n) is 3.05. The molecule has 2 heterocycles. The van der Waals surface area contributed by atoms with Crippen molar-refractivity contribution in [3.8, 4) is 11.3 Å². The molecule has 9 nitrogen and oxygen atoms in total. The summed E-state index contributed by atoms with van der Waals surface area (Å²) in [5.74, 6) is -0.112. The monoisotopic (exact) mass is 424 g/mol. The Morgan fingerprint density at radius 3 is 2.74 bits per heavy atom. The summed E-state index contributed by atoms with van der Waals surface area (Å²) in [6, 6.07) is 13.2. The molecule has 2 aromatic heterocycles. The Bertz CT molecular complexity index is 1110. The van der Waals surface area contributed by atoms with Crippen LogP contribution in [-0.4, -0.2) is 34.6 Å². The van der Waals surface area contributed by atoms with Gasteiger partial charge in [0.2, 0.25) is 5.95 Å². The molecule has 9 heteroatoms. The number of anilines is 1. The summed E-state index contributed by atoms with van der Waals surface area (Å²) in [4.78, 5) is 39.0. The molecule has 0 fully saturated rings. The Hall–Kier alpha value is -3.88. The first kappa shape index (κ1) is 21.8. The van der Waals surface area contributed by atoms with E-state index in [-0.39, 0.29) is 31.2 Å². The molecule has 0 aliphatic carbocycles. The number of nitrogen functional groups attached to an aromatic ring is 1. The predicted molar refractivity (Wildman–Crippen MR) is 114 cm³/mol. The molecule has 0 aliphatic heterocycles. The number of aromatic nitrogens is 2. The first-order chi connectivity index (χ1) is 14.9. The summed E-state index contributed by atoms with van der Waals surface area (Å²) in [6.45, 7) is 1.17. The van der Waals surface area contributed by atoms with Crippen LogP contribution in [0, 0.1) is 0 Å². The minimum absolute atomic E-state index is 0.0843. The topological polar surface area (TPSA) is 129 Å². The second-order valence-corrected chi connectivity index (χ2v) is 6.90. The Balaban J connectivity index is 1.57. The molecule has 1 amide bonds. The zero-order valence-corrected chi connectivity index (χ0v) is 17.2. The van der Waals surface area contributed by atoms with E-state index in [2.05, 4.69) is 15.0 Å². The molecular weight excluding hydrogens is 400 g/mol. The van der Waals surface area contributed by atoms with Gasteiger partial charge in [-0.05, 0) is 36.6 Å². The van der Waals surface area contributed by atoms with Crippen molar-refractivity contribution >= 4 is 17.8 Å². The van der Waals surface area contributed by atoms with Crippen LogP contribution in [0.3, 0.4) is 0 Å². The second-order valence-electron chi connectivity index (χ2n) is 6.90. The van der Waals surface area contributed by atoms with E-state index in [1.165, 1.54) is 17.6 Å². The third kappa shape index (κ3) is 6.30. The Morgan fingerprint density at radius 2 is 2.03 bits per heavy atom. The van der Waals surface area contributed by atoms with E-state index in [9.17, 15) is 14.4 Å². The van der Waals surface area contributed by atoms with Gasteiger partial charge in [-0.25, -0.2) is 4.98 Å². The van der Waals surface area contributed by atoms with E-state index in [4.69, 9.17) is 10.2 Å². The Morgan fingerprint density at radius 1 is 1.19 bits per heavy atom. The predicted octanol–water partition coefficient (Wildman–Crippen LogP) is 1.55. The zero-order chi connectivity index (χ0) is 22.2. The Labute approximate surface area is 178 Å². The van der Waals surface area contributed by atoms with Crippen LogP contribution in [0.5, 0.6) is 0 Å². The number of rotatable bonds is 9. The number of hydrogen-bond acceptors (Lipinski definition) is 7. The molecule has 0 atom stereocenters. The van der Waals surface area contributed by atoms with E-state index >= 15 is 0 Å². The summed E-state index contributed by atoms with van der Waals surface area (Å²) >= 11 is 0. The number of furan rings is 1. The number of carbonyl (C=O) groups excluding carboxylic acids is 2. The number of aryl methyl sites for hydroxylation is 2. The fraction of sp³-hybridized carbons (Fsp3) is 0.273. The number of nitrogens with two attached hydrogens (primary N) is 1. The Kier molecular flexibility index (Phi) is 7.21. The molecule has 1 aromatic carbocycles. The van der Waals surface area contributed by atoms with Gasteiger partial charge in [-0.3, -0.25) is 19.0 Å². The minimum atomic E-state index is -0.539. The summed E-state index contributed by atoms with van der Waals surface area (Å²) in [7, 11) is 0. The number of amides is 1. The van der Waals surface area contributed by atoms with Crippen molar-refractivity contribution in [3.05, 3.63) is 70.3 Å². The van der Waals surface area contributed by atoms with E-state index in [0.717, 1.165) is 16.9 Å². The van der Waals surface area contributed by atoms with Gasteiger partial charge in [0.15, 0.2) is 6.61 Å². The third-order valence-electron chi connectivity index (χ3n) is 4.56. The van der Waals surface area contributed by atoms with Gasteiger partial charge in [-0.2, -0.15) is 0 Å². The van der Waals surface area contributed by atoms with Crippen LogP contribution in [0.2, 0.25) is 0 Å². The van der Waals surface area contributed by atoms with Crippen LogP contribution in [0.15, 0.2) is 57.9 Å². The molecular formula is C22H24N4O5. The highest BCUT2D eigenvalue weighted by Crippen LogP contribution is 2.21. The SMILES string of the molecule is CC(=O)OCC(=O)NCCn1c(N)nc(CCc2cccc(-c3ccco3)c2)cc1=O. The largest absolute Gasteiger partial charge is 0.464 e.